The van der Waals surface area contributed by atoms with Crippen molar-refractivity contribution in [1.29, 1.82) is 0 Å². The minimum atomic E-state index is -4.66. The second-order valence-electron chi connectivity index (χ2n) is 29.5. The predicted octanol–water partition coefficient (Wildman–Crippen LogP) is 28.2. The van der Waals surface area contributed by atoms with Crippen molar-refractivity contribution >= 4 is 19.8 Å². The van der Waals surface area contributed by atoms with Crippen molar-refractivity contribution in [2.24, 2.45) is 0 Å². The molecule has 0 heterocycles. The average molecular weight is 1440 g/mol. The van der Waals surface area contributed by atoms with Gasteiger partial charge in [0.2, 0.25) is 0 Å². The number of likely N-dealkylation sites (N-methyl/N-ethyl adjacent to an activating group) is 1. The molecule has 0 fully saturated rings. The highest BCUT2D eigenvalue weighted by Crippen LogP contribution is 2.38. The van der Waals surface area contributed by atoms with Crippen molar-refractivity contribution in [3.8, 4) is 0 Å². The first-order chi connectivity index (χ1) is 50.0. The number of ether oxygens (including phenoxy) is 2. The van der Waals surface area contributed by atoms with E-state index >= 15 is 0 Å². The van der Waals surface area contributed by atoms with E-state index in [2.05, 4.69) is 160 Å². The lowest BCUT2D eigenvalue weighted by Gasteiger charge is -2.28. The van der Waals surface area contributed by atoms with E-state index in [1.54, 1.807) is 0 Å². The van der Waals surface area contributed by atoms with E-state index in [1.807, 2.05) is 21.1 Å². The molecule has 0 aromatic heterocycles. The number of nitrogens with zero attached hydrogens (tertiary/aromatic N) is 1. The van der Waals surface area contributed by atoms with Gasteiger partial charge >= 0.3 is 11.9 Å². The maximum Gasteiger partial charge on any atom is 0.306 e. The number of carbonyl (C=O) groups excluding carboxylic acids is 2. The van der Waals surface area contributed by atoms with Crippen molar-refractivity contribution in [2.45, 2.75) is 380 Å². The molecule has 0 aromatic carbocycles. The molecule has 586 valence electrons. The average Bonchev–Trinajstić information content (AvgIpc) is 0.913. The molecule has 0 radical (unpaired) electrons. The SMILES string of the molecule is CC/C=C\C/C=C\C/C=C\C/C=C\C/C=C\C/C=C\C/C=C\C/C=C\C/C=C\CCCCCCCCCCCC(=O)OC(COC(=O)CCCCCCCCCCCCCCCCCCCCCCCCCCCC/C=C\C/C=C\C/C=C\CCCCCCC)COP(=O)([O-])OCC[N+](C)(C)C. The van der Waals surface area contributed by atoms with Crippen LogP contribution in [0.1, 0.15) is 373 Å². The topological polar surface area (TPSA) is 111 Å². The van der Waals surface area contributed by atoms with Gasteiger partial charge < -0.3 is 27.9 Å². The monoisotopic (exact) mass is 1440 g/mol. The molecular formula is C92H160NO8P. The normalized spacial score (nSPS) is 13.7. The number of carbonyl (C=O) groups is 2. The quantitative estimate of drug-likeness (QED) is 0.0195. The Morgan fingerprint density at radius 1 is 0.314 bits per heavy atom. The van der Waals surface area contributed by atoms with Gasteiger partial charge in [-0.1, -0.05) is 384 Å². The second kappa shape index (κ2) is 81.0. The molecule has 0 aromatic rings. The van der Waals surface area contributed by atoms with E-state index in [-0.39, 0.29) is 32.0 Å². The second-order valence-corrected chi connectivity index (χ2v) is 30.9. The van der Waals surface area contributed by atoms with Gasteiger partial charge in [-0.05, 0) is 122 Å². The number of phosphoric acid groups is 1. The van der Waals surface area contributed by atoms with Crippen LogP contribution in [0.25, 0.3) is 0 Å². The van der Waals surface area contributed by atoms with E-state index in [0.29, 0.717) is 17.4 Å². The fraction of sp³-hybridized carbons (Fsp3) is 0.717. The van der Waals surface area contributed by atoms with E-state index in [9.17, 15) is 19.0 Å². The summed E-state index contributed by atoms with van der Waals surface area (Å²) in [6.07, 6.45) is 120. The smallest absolute Gasteiger partial charge is 0.306 e. The molecule has 102 heavy (non-hydrogen) atoms. The summed E-state index contributed by atoms with van der Waals surface area (Å²) in [5.74, 6) is -0.833. The van der Waals surface area contributed by atoms with Crippen LogP contribution in [-0.2, 0) is 32.7 Å². The third-order valence-corrected chi connectivity index (χ3v) is 19.3. The largest absolute Gasteiger partial charge is 0.756 e. The molecule has 0 aliphatic rings. The van der Waals surface area contributed by atoms with E-state index in [1.165, 1.54) is 225 Å². The molecule has 0 aliphatic carbocycles. The van der Waals surface area contributed by atoms with Gasteiger partial charge in [0.05, 0.1) is 27.7 Å². The fourth-order valence-corrected chi connectivity index (χ4v) is 12.6. The summed E-state index contributed by atoms with van der Waals surface area (Å²) in [6.45, 7) is 4.14. The Balaban J connectivity index is 3.96. The maximum absolute atomic E-state index is 12.9. The maximum atomic E-state index is 12.9. The lowest BCUT2D eigenvalue weighted by atomic mass is 10.0. The zero-order chi connectivity index (χ0) is 74.0. The van der Waals surface area contributed by atoms with E-state index < -0.39 is 26.5 Å². The third-order valence-electron chi connectivity index (χ3n) is 18.3. The highest BCUT2D eigenvalue weighted by atomic mass is 31.2. The molecule has 0 N–H and O–H groups in total. The molecular weight excluding hydrogens is 1280 g/mol. The molecule has 0 spiro atoms. The van der Waals surface area contributed by atoms with Crippen LogP contribution in [0.15, 0.2) is 146 Å². The van der Waals surface area contributed by atoms with Crippen LogP contribution in [0.5, 0.6) is 0 Å². The summed E-state index contributed by atoms with van der Waals surface area (Å²) in [4.78, 5) is 38.2. The number of esters is 2. The van der Waals surface area contributed by atoms with Gasteiger partial charge in [0.25, 0.3) is 7.82 Å². The van der Waals surface area contributed by atoms with E-state index in [0.717, 1.165) is 116 Å². The number of allylic oxidation sites excluding steroid dienone is 24. The number of rotatable bonds is 78. The summed E-state index contributed by atoms with van der Waals surface area (Å²) in [5, 5.41) is 0. The van der Waals surface area contributed by atoms with Crippen molar-refractivity contribution in [3.63, 3.8) is 0 Å². The van der Waals surface area contributed by atoms with Crippen molar-refractivity contribution in [1.82, 2.24) is 0 Å². The minimum absolute atomic E-state index is 0.0365. The van der Waals surface area contributed by atoms with Crippen LogP contribution in [0, 0.1) is 0 Å². The predicted molar refractivity (Wildman–Crippen MR) is 443 cm³/mol. The van der Waals surface area contributed by atoms with Crippen molar-refractivity contribution in [2.75, 3.05) is 47.5 Å². The zero-order valence-electron chi connectivity index (χ0n) is 67.0. The summed E-state index contributed by atoms with van der Waals surface area (Å²) in [7, 11) is 1.16. The van der Waals surface area contributed by atoms with Crippen LogP contribution in [-0.4, -0.2) is 70.0 Å². The van der Waals surface area contributed by atoms with Crippen LogP contribution < -0.4 is 4.89 Å². The Morgan fingerprint density at radius 2 is 0.559 bits per heavy atom. The van der Waals surface area contributed by atoms with Gasteiger partial charge in [0, 0.05) is 12.8 Å². The minimum Gasteiger partial charge on any atom is -0.756 e. The van der Waals surface area contributed by atoms with Gasteiger partial charge in [-0.15, -0.1) is 0 Å². The van der Waals surface area contributed by atoms with E-state index in [4.69, 9.17) is 18.5 Å². The lowest BCUT2D eigenvalue weighted by molar-refractivity contribution is -0.870. The molecule has 0 saturated carbocycles. The van der Waals surface area contributed by atoms with Gasteiger partial charge in [-0.2, -0.15) is 0 Å². The number of unbranched alkanes of at least 4 members (excludes halogenated alkanes) is 40. The first-order valence-corrected chi connectivity index (χ1v) is 44.0. The van der Waals surface area contributed by atoms with Gasteiger partial charge in [-0.3, -0.25) is 14.2 Å². The molecule has 2 atom stereocenters. The standard InChI is InChI=1S/C92H160NO8P/c1-6-8-10-12-14-16-18-20-22-24-26-28-30-32-34-36-38-40-42-44-45-46-47-49-50-52-54-56-58-60-62-64-66-68-70-72-74-76-78-80-82-84-91(94)98-88-90(89-100-102(96,97)99-87-86-93(3,4)5)101-92(95)85-83-81-79-77-75-73-71-69-67-65-63-61-59-57-55-53-51-48-43-41-39-37-35-33-31-29-27-25-23-21-19-17-15-13-11-9-7-2/h9,11,15,17-18,20-21,23-24,26-27,29-30,32-33,35,39,41,48,51,55,57,61,63,90H,6-8,10,12-14,16,19,22,25,28,31,34,36-38,40,42-47,49-50,52-54,56,58-60,62,64-89H2,1-5H3/b11-9-,17-15-,20-18-,23-21-,26-24-,29-27-,32-30-,35-33-,41-39-,51-48-,57-55-,63-61-. The first-order valence-electron chi connectivity index (χ1n) is 42.5. The highest BCUT2D eigenvalue weighted by molar-refractivity contribution is 7.45. The first kappa shape index (κ1) is 97.9. The van der Waals surface area contributed by atoms with Crippen LogP contribution in [0.4, 0.5) is 0 Å². The Kier molecular flexibility index (Phi) is 77.7. The van der Waals surface area contributed by atoms with Crippen molar-refractivity contribution < 1.29 is 42.1 Å². The molecule has 0 aliphatic heterocycles. The summed E-state index contributed by atoms with van der Waals surface area (Å²) >= 11 is 0. The summed E-state index contributed by atoms with van der Waals surface area (Å²) < 4.78 is 34.4. The van der Waals surface area contributed by atoms with Crippen LogP contribution >= 0.6 is 7.82 Å². The number of quaternary nitrogens is 1. The molecule has 10 heteroatoms. The Labute approximate surface area is 631 Å². The van der Waals surface area contributed by atoms with Crippen molar-refractivity contribution in [3.05, 3.63) is 146 Å². The van der Waals surface area contributed by atoms with Crippen LogP contribution in [0.2, 0.25) is 0 Å². The van der Waals surface area contributed by atoms with Gasteiger partial charge in [0.15, 0.2) is 6.10 Å². The summed E-state index contributed by atoms with van der Waals surface area (Å²) in [5.41, 5.74) is 0. The Hall–Kier alpha value is -4.11. The molecule has 0 saturated heterocycles. The molecule has 9 nitrogen and oxygen atoms in total. The lowest BCUT2D eigenvalue weighted by Crippen LogP contribution is -2.37. The fourth-order valence-electron chi connectivity index (χ4n) is 11.9. The molecule has 2 unspecified atom stereocenters. The molecule has 0 bridgehead atoms. The molecule has 0 rings (SSSR count). The number of phosphoric ester groups is 1. The number of hydrogen-bond donors (Lipinski definition) is 0. The van der Waals surface area contributed by atoms with Gasteiger partial charge in [0.1, 0.15) is 19.8 Å². The van der Waals surface area contributed by atoms with Gasteiger partial charge in [-0.25, -0.2) is 0 Å². The highest BCUT2D eigenvalue weighted by Gasteiger charge is 2.22. The third kappa shape index (κ3) is 84.8. The Bertz CT molecular complexity index is 2240. The Morgan fingerprint density at radius 3 is 0.833 bits per heavy atom. The zero-order valence-corrected chi connectivity index (χ0v) is 67.9. The van der Waals surface area contributed by atoms with Crippen LogP contribution in [0.3, 0.4) is 0 Å². The molecule has 0 amide bonds. The summed E-state index contributed by atoms with van der Waals surface area (Å²) in [6, 6.07) is 0. The number of hydrogen-bond acceptors (Lipinski definition) is 8.